The van der Waals surface area contributed by atoms with Gasteiger partial charge in [0.2, 0.25) is 0 Å². The summed E-state index contributed by atoms with van der Waals surface area (Å²) < 4.78 is 5.64. The highest BCUT2D eigenvalue weighted by atomic mass is 32.1. The topological polar surface area (TPSA) is 111 Å². The summed E-state index contributed by atoms with van der Waals surface area (Å²) in [4.78, 5) is 37.1. The predicted molar refractivity (Wildman–Crippen MR) is 77.3 cm³/mol. The van der Waals surface area contributed by atoms with Crippen LogP contribution in [-0.2, 0) is 14.3 Å². The standard InChI is InChI=1S/C13H11N3O4S/c14-13(19)16-10(17)7-20-12(18)6-5-11-15-8-3-1-2-4-9(8)21-11/h1-6H,7H2,(H3,14,16,17,19). The first-order chi connectivity index (χ1) is 10.0. The number of carbonyl (C=O) groups is 3. The lowest BCUT2D eigenvalue weighted by molar-refractivity contribution is -0.143. The minimum absolute atomic E-state index is 0.577. The number of para-hydroxylation sites is 1. The summed E-state index contributed by atoms with van der Waals surface area (Å²) in [5.41, 5.74) is 5.58. The molecular weight excluding hydrogens is 294 g/mol. The molecule has 0 aliphatic rings. The number of carbonyl (C=O) groups excluding carboxylic acids is 3. The molecule has 3 amide bonds. The van der Waals surface area contributed by atoms with Crippen molar-refractivity contribution in [3.63, 3.8) is 0 Å². The molecule has 0 bridgehead atoms. The van der Waals surface area contributed by atoms with E-state index < -0.39 is 24.5 Å². The van der Waals surface area contributed by atoms with Gasteiger partial charge in [0.1, 0.15) is 5.01 Å². The quantitative estimate of drug-likeness (QED) is 0.647. The van der Waals surface area contributed by atoms with Crippen LogP contribution in [0.5, 0.6) is 0 Å². The van der Waals surface area contributed by atoms with Crippen LogP contribution in [0.2, 0.25) is 0 Å². The molecule has 1 aromatic carbocycles. The Morgan fingerprint density at radius 2 is 2.10 bits per heavy atom. The summed E-state index contributed by atoms with van der Waals surface area (Å²) in [7, 11) is 0. The maximum Gasteiger partial charge on any atom is 0.331 e. The van der Waals surface area contributed by atoms with E-state index in [1.54, 1.807) is 5.32 Å². The van der Waals surface area contributed by atoms with Crippen LogP contribution in [0, 0.1) is 0 Å². The third-order valence-corrected chi connectivity index (χ3v) is 3.28. The molecule has 0 aliphatic carbocycles. The van der Waals surface area contributed by atoms with Crippen molar-refractivity contribution in [3.05, 3.63) is 35.3 Å². The number of thiazole rings is 1. The number of urea groups is 1. The van der Waals surface area contributed by atoms with Crippen LogP contribution in [0.1, 0.15) is 5.01 Å². The number of hydrogen-bond donors (Lipinski definition) is 2. The highest BCUT2D eigenvalue weighted by molar-refractivity contribution is 7.19. The van der Waals surface area contributed by atoms with Crippen LogP contribution in [0.3, 0.4) is 0 Å². The van der Waals surface area contributed by atoms with Crippen molar-refractivity contribution in [3.8, 4) is 0 Å². The van der Waals surface area contributed by atoms with E-state index in [2.05, 4.69) is 9.72 Å². The number of primary amides is 1. The molecule has 0 saturated heterocycles. The number of nitrogens with one attached hydrogen (secondary N) is 1. The highest BCUT2D eigenvalue weighted by Crippen LogP contribution is 2.22. The molecule has 0 fully saturated rings. The second kappa shape index (κ2) is 6.62. The number of benzene rings is 1. The fourth-order valence-corrected chi connectivity index (χ4v) is 2.33. The van der Waals surface area contributed by atoms with Crippen molar-refractivity contribution < 1.29 is 19.1 Å². The van der Waals surface area contributed by atoms with Crippen LogP contribution in [0.4, 0.5) is 4.79 Å². The summed E-state index contributed by atoms with van der Waals surface area (Å²) in [6.07, 6.45) is 2.66. The Morgan fingerprint density at radius 3 is 2.81 bits per heavy atom. The van der Waals surface area contributed by atoms with Gasteiger partial charge < -0.3 is 10.5 Å². The van der Waals surface area contributed by atoms with E-state index >= 15 is 0 Å². The molecule has 0 atom stereocenters. The van der Waals surface area contributed by atoms with E-state index in [0.717, 1.165) is 16.3 Å². The molecule has 2 aromatic rings. The molecule has 1 heterocycles. The predicted octanol–water partition coefficient (Wildman–Crippen LogP) is 1.05. The Labute approximate surface area is 123 Å². The zero-order valence-corrected chi connectivity index (χ0v) is 11.6. The molecule has 0 radical (unpaired) electrons. The number of nitrogens with two attached hydrogens (primary N) is 1. The zero-order valence-electron chi connectivity index (χ0n) is 10.7. The number of aromatic nitrogens is 1. The molecule has 2 rings (SSSR count). The summed E-state index contributed by atoms with van der Waals surface area (Å²) in [5, 5.41) is 2.43. The number of rotatable bonds is 4. The molecule has 7 nitrogen and oxygen atoms in total. The molecule has 0 saturated carbocycles. The second-order valence-corrected chi connectivity index (χ2v) is 4.94. The average molecular weight is 305 g/mol. The molecular formula is C13H11N3O4S. The first-order valence-electron chi connectivity index (χ1n) is 5.84. The normalized spacial score (nSPS) is 10.7. The van der Waals surface area contributed by atoms with E-state index in [4.69, 9.17) is 5.73 Å². The van der Waals surface area contributed by atoms with Crippen molar-refractivity contribution in [2.45, 2.75) is 0 Å². The van der Waals surface area contributed by atoms with Crippen LogP contribution < -0.4 is 11.1 Å². The van der Waals surface area contributed by atoms with E-state index in [1.807, 2.05) is 24.3 Å². The maximum absolute atomic E-state index is 11.4. The molecule has 0 aliphatic heterocycles. The molecule has 3 N–H and O–H groups in total. The van der Waals surface area contributed by atoms with Crippen molar-refractivity contribution in [2.75, 3.05) is 6.61 Å². The van der Waals surface area contributed by atoms with Gasteiger partial charge in [0.25, 0.3) is 5.91 Å². The fraction of sp³-hybridized carbons (Fsp3) is 0.0769. The number of nitrogens with zero attached hydrogens (tertiary/aromatic N) is 1. The molecule has 0 unspecified atom stereocenters. The number of hydrogen-bond acceptors (Lipinski definition) is 6. The van der Waals surface area contributed by atoms with Crippen LogP contribution in [0.25, 0.3) is 16.3 Å². The van der Waals surface area contributed by atoms with Gasteiger partial charge in [-0.1, -0.05) is 12.1 Å². The van der Waals surface area contributed by atoms with Crippen molar-refractivity contribution in [1.29, 1.82) is 0 Å². The van der Waals surface area contributed by atoms with Gasteiger partial charge in [-0.15, -0.1) is 11.3 Å². The lowest BCUT2D eigenvalue weighted by Gasteiger charge is -2.00. The molecule has 1 aromatic heterocycles. The SMILES string of the molecule is NC(=O)NC(=O)COC(=O)C=Cc1nc2ccccc2s1. The first-order valence-corrected chi connectivity index (χ1v) is 6.66. The highest BCUT2D eigenvalue weighted by Gasteiger charge is 2.07. The maximum atomic E-state index is 11.4. The number of amides is 3. The minimum Gasteiger partial charge on any atom is -0.452 e. The Bertz CT molecular complexity index is 690. The largest absolute Gasteiger partial charge is 0.452 e. The summed E-state index contributed by atoms with van der Waals surface area (Å²) >= 11 is 1.43. The number of fused-ring (bicyclic) bond motifs is 1. The van der Waals surface area contributed by atoms with E-state index in [0.29, 0.717) is 5.01 Å². The monoisotopic (exact) mass is 305 g/mol. The molecule has 108 valence electrons. The average Bonchev–Trinajstić information content (AvgIpc) is 2.85. The number of esters is 1. The minimum atomic E-state index is -0.999. The lowest BCUT2D eigenvalue weighted by Crippen LogP contribution is -2.37. The molecule has 21 heavy (non-hydrogen) atoms. The second-order valence-electron chi connectivity index (χ2n) is 3.87. The molecule has 0 spiro atoms. The molecule has 8 heteroatoms. The van der Waals surface area contributed by atoms with Crippen molar-refractivity contribution >= 4 is 45.5 Å². The van der Waals surface area contributed by atoms with Crippen LogP contribution in [0.15, 0.2) is 30.3 Å². The third kappa shape index (κ3) is 4.39. The fourth-order valence-electron chi connectivity index (χ4n) is 1.46. The Morgan fingerprint density at radius 1 is 1.33 bits per heavy atom. The van der Waals surface area contributed by atoms with Gasteiger partial charge in [0.15, 0.2) is 6.61 Å². The number of imide groups is 1. The lowest BCUT2D eigenvalue weighted by atomic mass is 10.3. The summed E-state index contributed by atoms with van der Waals surface area (Å²) in [6, 6.07) is 6.58. The van der Waals surface area contributed by atoms with Crippen molar-refractivity contribution in [1.82, 2.24) is 10.3 Å². The Balaban J connectivity index is 1.90. The van der Waals surface area contributed by atoms with Gasteiger partial charge in [-0.25, -0.2) is 14.6 Å². The summed E-state index contributed by atoms with van der Waals surface area (Å²) in [6.45, 7) is -0.577. The van der Waals surface area contributed by atoms with Gasteiger partial charge in [-0.3, -0.25) is 10.1 Å². The van der Waals surface area contributed by atoms with Crippen molar-refractivity contribution in [2.24, 2.45) is 5.73 Å². The van der Waals surface area contributed by atoms with Crippen LogP contribution in [-0.4, -0.2) is 29.5 Å². The van der Waals surface area contributed by atoms with Gasteiger partial charge in [0.05, 0.1) is 10.2 Å². The first kappa shape index (κ1) is 14.7. The smallest absolute Gasteiger partial charge is 0.331 e. The van der Waals surface area contributed by atoms with Gasteiger partial charge in [-0.2, -0.15) is 0 Å². The van der Waals surface area contributed by atoms with Gasteiger partial charge >= 0.3 is 12.0 Å². The Hall–Kier alpha value is -2.74. The summed E-state index contributed by atoms with van der Waals surface area (Å²) in [5.74, 6) is -1.50. The van der Waals surface area contributed by atoms with Crippen LogP contribution >= 0.6 is 11.3 Å². The van der Waals surface area contributed by atoms with E-state index in [9.17, 15) is 14.4 Å². The van der Waals surface area contributed by atoms with Gasteiger partial charge in [-0.05, 0) is 18.2 Å². The zero-order chi connectivity index (χ0) is 15.2. The number of ether oxygens (including phenoxy) is 1. The van der Waals surface area contributed by atoms with E-state index in [1.165, 1.54) is 17.4 Å². The van der Waals surface area contributed by atoms with Gasteiger partial charge in [0, 0.05) is 6.08 Å². The Kier molecular flexibility index (Phi) is 4.62. The van der Waals surface area contributed by atoms with E-state index in [-0.39, 0.29) is 0 Å². The third-order valence-electron chi connectivity index (χ3n) is 2.28.